The highest BCUT2D eigenvalue weighted by Crippen LogP contribution is 2.10. The lowest BCUT2D eigenvalue weighted by Crippen LogP contribution is -2.18. The number of carbonyl (C=O) groups excluding carboxylic acids is 3. The SMILES string of the molecule is CNC(=O)c1ccc(NC(=O)CCC(=O)OCCOC)cc1. The zero-order valence-electron chi connectivity index (χ0n) is 12.7. The van der Waals surface area contributed by atoms with Gasteiger partial charge in [-0.05, 0) is 24.3 Å². The van der Waals surface area contributed by atoms with E-state index in [4.69, 9.17) is 9.47 Å². The Bertz CT molecular complexity index is 513. The van der Waals surface area contributed by atoms with Gasteiger partial charge in [-0.15, -0.1) is 0 Å². The molecule has 0 spiro atoms. The molecule has 120 valence electrons. The van der Waals surface area contributed by atoms with Gasteiger partial charge in [0.1, 0.15) is 6.61 Å². The normalized spacial score (nSPS) is 9.91. The van der Waals surface area contributed by atoms with Crippen molar-refractivity contribution in [3.8, 4) is 0 Å². The summed E-state index contributed by atoms with van der Waals surface area (Å²) in [5, 5.41) is 5.15. The minimum absolute atomic E-state index is 0.00583. The molecule has 0 bridgehead atoms. The van der Waals surface area contributed by atoms with Gasteiger partial charge in [-0.2, -0.15) is 0 Å². The maximum Gasteiger partial charge on any atom is 0.306 e. The first kappa shape index (κ1) is 17.6. The molecule has 1 aromatic rings. The van der Waals surface area contributed by atoms with Gasteiger partial charge >= 0.3 is 5.97 Å². The van der Waals surface area contributed by atoms with E-state index in [1.165, 1.54) is 7.11 Å². The van der Waals surface area contributed by atoms with Crippen molar-refractivity contribution in [2.24, 2.45) is 0 Å². The molecular weight excluding hydrogens is 288 g/mol. The highest BCUT2D eigenvalue weighted by Gasteiger charge is 2.09. The molecule has 0 saturated heterocycles. The molecule has 2 amide bonds. The third kappa shape index (κ3) is 6.36. The van der Waals surface area contributed by atoms with E-state index in [0.29, 0.717) is 17.9 Å². The van der Waals surface area contributed by atoms with Gasteiger partial charge in [0.25, 0.3) is 5.91 Å². The van der Waals surface area contributed by atoms with Crippen molar-refractivity contribution in [1.29, 1.82) is 0 Å². The molecule has 0 aliphatic rings. The van der Waals surface area contributed by atoms with Gasteiger partial charge in [0.2, 0.25) is 5.91 Å². The molecule has 1 aromatic carbocycles. The lowest BCUT2D eigenvalue weighted by Gasteiger charge is -2.07. The van der Waals surface area contributed by atoms with Crippen LogP contribution in [0.15, 0.2) is 24.3 Å². The van der Waals surface area contributed by atoms with E-state index in [9.17, 15) is 14.4 Å². The molecule has 7 nitrogen and oxygen atoms in total. The molecule has 0 fully saturated rings. The smallest absolute Gasteiger partial charge is 0.306 e. The van der Waals surface area contributed by atoms with Crippen molar-refractivity contribution in [3.05, 3.63) is 29.8 Å². The Morgan fingerprint density at radius 1 is 1.05 bits per heavy atom. The maximum atomic E-state index is 11.7. The summed E-state index contributed by atoms with van der Waals surface area (Å²) in [5.41, 5.74) is 1.06. The van der Waals surface area contributed by atoms with Crippen LogP contribution in [0.2, 0.25) is 0 Å². The maximum absolute atomic E-state index is 11.7. The summed E-state index contributed by atoms with van der Waals surface area (Å²) >= 11 is 0. The second-order valence-corrected chi connectivity index (χ2v) is 4.42. The quantitative estimate of drug-likeness (QED) is 0.551. The van der Waals surface area contributed by atoms with Crippen LogP contribution in [0.1, 0.15) is 23.2 Å². The number of rotatable bonds is 8. The predicted octanol–water partition coefficient (Wildman–Crippen LogP) is 0.954. The van der Waals surface area contributed by atoms with E-state index in [2.05, 4.69) is 10.6 Å². The van der Waals surface area contributed by atoms with Gasteiger partial charge in [-0.25, -0.2) is 0 Å². The Kier molecular flexibility index (Phi) is 7.63. The Morgan fingerprint density at radius 2 is 1.73 bits per heavy atom. The molecule has 1 rings (SSSR count). The molecule has 0 radical (unpaired) electrons. The van der Waals surface area contributed by atoms with Gasteiger partial charge in [0.15, 0.2) is 0 Å². The largest absolute Gasteiger partial charge is 0.463 e. The number of anilines is 1. The molecule has 7 heteroatoms. The van der Waals surface area contributed by atoms with E-state index in [1.807, 2.05) is 0 Å². The van der Waals surface area contributed by atoms with E-state index in [1.54, 1.807) is 31.3 Å². The number of amides is 2. The summed E-state index contributed by atoms with van der Waals surface area (Å²) in [5.74, 6) is -0.935. The van der Waals surface area contributed by atoms with Gasteiger partial charge in [-0.1, -0.05) is 0 Å². The number of nitrogens with one attached hydrogen (secondary N) is 2. The number of ether oxygens (including phenoxy) is 2. The van der Waals surface area contributed by atoms with Crippen LogP contribution in [-0.4, -0.2) is 45.2 Å². The third-order valence-electron chi connectivity index (χ3n) is 2.76. The highest BCUT2D eigenvalue weighted by atomic mass is 16.6. The second kappa shape index (κ2) is 9.51. The lowest BCUT2D eigenvalue weighted by atomic mass is 10.2. The summed E-state index contributed by atoms with van der Waals surface area (Å²) in [6.07, 6.45) is 0.0366. The molecule has 0 aliphatic heterocycles. The van der Waals surface area contributed by atoms with Gasteiger partial charge < -0.3 is 20.1 Å². The molecule has 0 aromatic heterocycles. The first-order valence-electron chi connectivity index (χ1n) is 6.83. The zero-order valence-corrected chi connectivity index (χ0v) is 12.7. The Morgan fingerprint density at radius 3 is 2.32 bits per heavy atom. The van der Waals surface area contributed by atoms with Crippen LogP contribution >= 0.6 is 0 Å². The van der Waals surface area contributed by atoms with Crippen molar-refractivity contribution in [2.45, 2.75) is 12.8 Å². The molecule has 0 heterocycles. The van der Waals surface area contributed by atoms with Crippen LogP contribution < -0.4 is 10.6 Å². The summed E-state index contributed by atoms with van der Waals surface area (Å²) < 4.78 is 9.60. The monoisotopic (exact) mass is 308 g/mol. The zero-order chi connectivity index (χ0) is 16.4. The molecule has 22 heavy (non-hydrogen) atoms. The minimum atomic E-state index is -0.442. The molecule has 0 aliphatic carbocycles. The number of carbonyl (C=O) groups is 3. The van der Waals surface area contributed by atoms with Crippen molar-refractivity contribution in [2.75, 3.05) is 32.7 Å². The van der Waals surface area contributed by atoms with Crippen LogP contribution in [0, 0.1) is 0 Å². The summed E-state index contributed by atoms with van der Waals surface area (Å²) in [6, 6.07) is 6.46. The Balaban J connectivity index is 2.35. The fourth-order valence-electron chi connectivity index (χ4n) is 1.60. The summed E-state index contributed by atoms with van der Waals surface area (Å²) in [6.45, 7) is 0.507. The summed E-state index contributed by atoms with van der Waals surface area (Å²) in [4.78, 5) is 34.4. The Labute approximate surface area is 129 Å². The molecular formula is C15H20N2O5. The fourth-order valence-corrected chi connectivity index (χ4v) is 1.60. The lowest BCUT2D eigenvalue weighted by molar-refractivity contribution is -0.145. The molecule has 0 unspecified atom stereocenters. The van der Waals surface area contributed by atoms with E-state index in [0.717, 1.165) is 0 Å². The predicted molar refractivity (Wildman–Crippen MR) is 80.5 cm³/mol. The summed E-state index contributed by atoms with van der Waals surface area (Å²) in [7, 11) is 3.06. The van der Waals surface area contributed by atoms with Gasteiger partial charge in [-0.3, -0.25) is 14.4 Å². The van der Waals surface area contributed by atoms with Crippen molar-refractivity contribution in [1.82, 2.24) is 5.32 Å². The number of benzene rings is 1. The minimum Gasteiger partial charge on any atom is -0.463 e. The fraction of sp³-hybridized carbons (Fsp3) is 0.400. The topological polar surface area (TPSA) is 93.7 Å². The third-order valence-corrected chi connectivity index (χ3v) is 2.76. The Hall–Kier alpha value is -2.41. The van der Waals surface area contributed by atoms with E-state index in [-0.39, 0.29) is 31.3 Å². The van der Waals surface area contributed by atoms with E-state index >= 15 is 0 Å². The van der Waals surface area contributed by atoms with Gasteiger partial charge in [0, 0.05) is 31.8 Å². The average molecular weight is 308 g/mol. The van der Waals surface area contributed by atoms with E-state index < -0.39 is 5.97 Å². The van der Waals surface area contributed by atoms with Crippen LogP contribution in [0.4, 0.5) is 5.69 Å². The van der Waals surface area contributed by atoms with Gasteiger partial charge in [0.05, 0.1) is 13.0 Å². The number of esters is 1. The van der Waals surface area contributed by atoms with Crippen molar-refractivity contribution >= 4 is 23.5 Å². The van der Waals surface area contributed by atoms with Crippen LogP contribution in [-0.2, 0) is 19.1 Å². The molecule has 2 N–H and O–H groups in total. The van der Waals surface area contributed by atoms with Crippen LogP contribution in [0.5, 0.6) is 0 Å². The number of hydrogen-bond donors (Lipinski definition) is 2. The standard InChI is InChI=1S/C15H20N2O5/c1-16-15(20)11-3-5-12(6-4-11)17-13(18)7-8-14(19)22-10-9-21-2/h3-6H,7-10H2,1-2H3,(H,16,20)(H,17,18). The van der Waals surface area contributed by atoms with Crippen LogP contribution in [0.3, 0.4) is 0 Å². The van der Waals surface area contributed by atoms with Crippen molar-refractivity contribution in [3.63, 3.8) is 0 Å². The number of methoxy groups -OCH3 is 1. The second-order valence-electron chi connectivity index (χ2n) is 4.42. The highest BCUT2D eigenvalue weighted by molar-refractivity contribution is 5.96. The molecule has 0 atom stereocenters. The number of hydrogen-bond acceptors (Lipinski definition) is 5. The van der Waals surface area contributed by atoms with Crippen molar-refractivity contribution < 1.29 is 23.9 Å². The first-order chi connectivity index (χ1) is 10.6. The van der Waals surface area contributed by atoms with Crippen LogP contribution in [0.25, 0.3) is 0 Å². The molecule has 0 saturated carbocycles. The average Bonchev–Trinajstić information content (AvgIpc) is 2.53. The first-order valence-corrected chi connectivity index (χ1v) is 6.83.